The van der Waals surface area contributed by atoms with E-state index in [1.807, 2.05) is 71.0 Å². The Morgan fingerprint density at radius 1 is 1.17 bits per heavy atom. The number of benzene rings is 2. The Morgan fingerprint density at radius 2 is 1.86 bits per heavy atom. The topological polar surface area (TPSA) is 84.2 Å². The van der Waals surface area contributed by atoms with E-state index in [0.29, 0.717) is 22.4 Å². The Morgan fingerprint density at radius 3 is 2.43 bits per heavy atom. The molecule has 0 amide bonds. The minimum atomic E-state index is -1.03. The van der Waals surface area contributed by atoms with Crippen molar-refractivity contribution >= 4 is 16.9 Å². The minimum Gasteiger partial charge on any atom is -0.478 e. The monoisotopic (exact) mass is 473 g/mol. The number of aryl methyl sites for hydroxylation is 2. The third-order valence-corrected chi connectivity index (χ3v) is 5.56. The number of allylic oxidation sites excluding steroid dienone is 3. The third-order valence-electron chi connectivity index (χ3n) is 5.56. The van der Waals surface area contributed by atoms with E-state index in [0.717, 1.165) is 22.3 Å². The van der Waals surface area contributed by atoms with Crippen LogP contribution in [0.15, 0.2) is 77.3 Å². The summed E-state index contributed by atoms with van der Waals surface area (Å²) in [5, 5.41) is 13.4. The maximum atomic E-state index is 13.3. The standard InChI is InChI=1S/C27H29N3O3.C2H6/c1-7-10-23(20(8-2)27(32)33)28-18(5)21-14-17(4)15-22-24(21)29-25(30(6)26(22)31)19-12-9-11-16(3)13-19;1-2/h7-15,18,28H,1H2,2-6H3,(H,32,33);1-2H3/b20-8+,23-10+;. The molecule has 2 aromatic carbocycles. The van der Waals surface area contributed by atoms with Crippen molar-refractivity contribution in [3.8, 4) is 11.4 Å². The van der Waals surface area contributed by atoms with Crippen LogP contribution in [0.5, 0.6) is 0 Å². The Labute approximate surface area is 207 Å². The van der Waals surface area contributed by atoms with E-state index in [4.69, 9.17) is 4.98 Å². The molecular formula is C29H35N3O3. The number of carboxylic acid groups (broad SMARTS) is 1. The van der Waals surface area contributed by atoms with Crippen LogP contribution in [0, 0.1) is 13.8 Å². The average Bonchev–Trinajstić information content (AvgIpc) is 2.82. The molecule has 6 nitrogen and oxygen atoms in total. The molecule has 0 aliphatic rings. The minimum absolute atomic E-state index is 0.129. The fraction of sp³-hybridized carbons (Fsp3) is 0.276. The van der Waals surface area contributed by atoms with Crippen molar-refractivity contribution < 1.29 is 9.90 Å². The zero-order valence-electron chi connectivity index (χ0n) is 21.6. The molecule has 35 heavy (non-hydrogen) atoms. The first-order valence-electron chi connectivity index (χ1n) is 11.8. The van der Waals surface area contributed by atoms with E-state index in [-0.39, 0.29) is 17.2 Å². The van der Waals surface area contributed by atoms with Crippen LogP contribution >= 0.6 is 0 Å². The summed E-state index contributed by atoms with van der Waals surface area (Å²) in [4.78, 5) is 29.9. The number of rotatable bonds is 7. The molecule has 0 spiro atoms. The summed E-state index contributed by atoms with van der Waals surface area (Å²) in [6.45, 7) is 15.2. The maximum Gasteiger partial charge on any atom is 0.337 e. The van der Waals surface area contributed by atoms with Crippen LogP contribution in [0.3, 0.4) is 0 Å². The SMILES string of the molecule is C=C/C=C(NC(C)c1cc(C)cc2c(=O)n(C)c(-c3cccc(C)c3)nc12)\C(=C/C)C(=O)O.CC. The van der Waals surface area contributed by atoms with Crippen molar-refractivity contribution in [3.63, 3.8) is 0 Å². The summed E-state index contributed by atoms with van der Waals surface area (Å²) in [5.41, 5.74) is 4.71. The van der Waals surface area contributed by atoms with E-state index in [1.165, 1.54) is 6.08 Å². The molecule has 1 atom stereocenters. The van der Waals surface area contributed by atoms with Crippen LogP contribution in [0.2, 0.25) is 0 Å². The summed E-state index contributed by atoms with van der Waals surface area (Å²) >= 11 is 0. The molecule has 0 saturated heterocycles. The Kier molecular flexibility index (Phi) is 9.34. The summed E-state index contributed by atoms with van der Waals surface area (Å²) in [6, 6.07) is 11.4. The van der Waals surface area contributed by atoms with Crippen molar-refractivity contribution in [1.82, 2.24) is 14.9 Å². The zero-order chi connectivity index (χ0) is 26.3. The van der Waals surface area contributed by atoms with Crippen molar-refractivity contribution in [3.05, 3.63) is 99.5 Å². The zero-order valence-corrected chi connectivity index (χ0v) is 21.6. The highest BCUT2D eigenvalue weighted by molar-refractivity contribution is 5.91. The Bertz CT molecular complexity index is 1360. The van der Waals surface area contributed by atoms with Gasteiger partial charge in [-0.1, -0.05) is 62.4 Å². The fourth-order valence-corrected chi connectivity index (χ4v) is 3.96. The van der Waals surface area contributed by atoms with Gasteiger partial charge in [0.15, 0.2) is 0 Å². The van der Waals surface area contributed by atoms with Crippen molar-refractivity contribution in [2.24, 2.45) is 7.05 Å². The van der Waals surface area contributed by atoms with Gasteiger partial charge in [0.2, 0.25) is 0 Å². The molecule has 1 unspecified atom stereocenters. The van der Waals surface area contributed by atoms with E-state index in [9.17, 15) is 14.7 Å². The number of carboxylic acids is 1. The van der Waals surface area contributed by atoms with Gasteiger partial charge in [-0.05, 0) is 51.5 Å². The number of fused-ring (bicyclic) bond motifs is 1. The van der Waals surface area contributed by atoms with Gasteiger partial charge in [-0.2, -0.15) is 0 Å². The molecule has 0 saturated carbocycles. The van der Waals surface area contributed by atoms with Gasteiger partial charge in [-0.25, -0.2) is 9.78 Å². The van der Waals surface area contributed by atoms with Crippen LogP contribution in [-0.4, -0.2) is 20.6 Å². The summed E-state index contributed by atoms with van der Waals surface area (Å²) in [7, 11) is 1.73. The number of carbonyl (C=O) groups is 1. The van der Waals surface area contributed by atoms with Gasteiger partial charge in [0.25, 0.3) is 5.56 Å². The average molecular weight is 474 g/mol. The first kappa shape index (κ1) is 27.3. The predicted octanol–water partition coefficient (Wildman–Crippen LogP) is 5.99. The molecule has 184 valence electrons. The van der Waals surface area contributed by atoms with Crippen LogP contribution in [0.25, 0.3) is 22.3 Å². The molecule has 3 aromatic rings. The van der Waals surface area contributed by atoms with Gasteiger partial charge in [0.05, 0.1) is 22.5 Å². The lowest BCUT2D eigenvalue weighted by molar-refractivity contribution is -0.132. The number of hydrogen-bond acceptors (Lipinski definition) is 4. The van der Waals surface area contributed by atoms with E-state index in [1.54, 1.807) is 30.7 Å². The normalized spacial score (nSPS) is 12.5. The third kappa shape index (κ3) is 5.96. The van der Waals surface area contributed by atoms with Crippen LogP contribution in [0.4, 0.5) is 0 Å². The largest absolute Gasteiger partial charge is 0.478 e. The van der Waals surface area contributed by atoms with Gasteiger partial charge in [-0.3, -0.25) is 9.36 Å². The Hall–Kier alpha value is -3.93. The lowest BCUT2D eigenvalue weighted by atomic mass is 10.00. The molecule has 0 radical (unpaired) electrons. The van der Waals surface area contributed by atoms with Gasteiger partial charge in [0, 0.05) is 23.9 Å². The molecule has 0 bridgehead atoms. The summed E-state index contributed by atoms with van der Waals surface area (Å²) < 4.78 is 1.57. The second-order valence-electron chi connectivity index (χ2n) is 8.11. The maximum absolute atomic E-state index is 13.3. The molecule has 1 aromatic heterocycles. The first-order valence-corrected chi connectivity index (χ1v) is 11.8. The predicted molar refractivity (Wildman–Crippen MR) is 144 cm³/mol. The molecule has 1 heterocycles. The molecular weight excluding hydrogens is 438 g/mol. The molecule has 6 heteroatoms. The van der Waals surface area contributed by atoms with Crippen molar-refractivity contribution in [2.45, 2.75) is 47.6 Å². The second-order valence-corrected chi connectivity index (χ2v) is 8.11. The molecule has 0 aliphatic carbocycles. The number of nitrogens with zero attached hydrogens (tertiary/aromatic N) is 2. The first-order chi connectivity index (χ1) is 16.7. The smallest absolute Gasteiger partial charge is 0.337 e. The molecule has 0 aliphatic heterocycles. The Balaban J connectivity index is 0.00000210. The highest BCUT2D eigenvalue weighted by atomic mass is 16.4. The van der Waals surface area contributed by atoms with Crippen LogP contribution in [0.1, 0.15) is 50.4 Å². The quantitative estimate of drug-likeness (QED) is 0.325. The lowest BCUT2D eigenvalue weighted by Crippen LogP contribution is -2.25. The number of aliphatic carboxylic acids is 1. The number of nitrogens with one attached hydrogen (secondary N) is 1. The highest BCUT2D eigenvalue weighted by Crippen LogP contribution is 2.27. The summed E-state index contributed by atoms with van der Waals surface area (Å²) in [5.74, 6) is -0.455. The van der Waals surface area contributed by atoms with Gasteiger partial charge in [-0.15, -0.1) is 0 Å². The van der Waals surface area contributed by atoms with E-state index in [2.05, 4.69) is 11.9 Å². The van der Waals surface area contributed by atoms with Crippen LogP contribution in [-0.2, 0) is 11.8 Å². The molecule has 2 N–H and O–H groups in total. The van der Waals surface area contributed by atoms with Gasteiger partial charge >= 0.3 is 5.97 Å². The number of hydrogen-bond donors (Lipinski definition) is 2. The van der Waals surface area contributed by atoms with Crippen molar-refractivity contribution in [1.29, 1.82) is 0 Å². The van der Waals surface area contributed by atoms with Crippen LogP contribution < -0.4 is 10.9 Å². The van der Waals surface area contributed by atoms with Gasteiger partial charge in [0.1, 0.15) is 5.82 Å². The summed E-state index contributed by atoms with van der Waals surface area (Å²) in [6.07, 6.45) is 4.71. The molecule has 3 rings (SSSR count). The number of aromatic nitrogens is 2. The highest BCUT2D eigenvalue weighted by Gasteiger charge is 2.20. The van der Waals surface area contributed by atoms with E-state index < -0.39 is 5.97 Å². The van der Waals surface area contributed by atoms with Crippen molar-refractivity contribution in [2.75, 3.05) is 0 Å². The molecule has 0 fully saturated rings. The second kappa shape index (κ2) is 12.0. The fourth-order valence-electron chi connectivity index (χ4n) is 3.96. The lowest BCUT2D eigenvalue weighted by Gasteiger charge is -2.21. The van der Waals surface area contributed by atoms with Gasteiger partial charge < -0.3 is 10.4 Å². The van der Waals surface area contributed by atoms with E-state index >= 15 is 0 Å².